The highest BCUT2D eigenvalue weighted by atomic mass is 35.5. The van der Waals surface area contributed by atoms with Gasteiger partial charge in [0, 0.05) is 23.7 Å². The van der Waals surface area contributed by atoms with Crippen molar-refractivity contribution in [2.24, 2.45) is 0 Å². The van der Waals surface area contributed by atoms with Gasteiger partial charge in [0.05, 0.1) is 22.4 Å². The average Bonchev–Trinajstić information content (AvgIpc) is 3.51. The maximum absolute atomic E-state index is 13.4. The maximum atomic E-state index is 13.4. The number of rotatable bonds is 6. The molecule has 0 saturated carbocycles. The van der Waals surface area contributed by atoms with Gasteiger partial charge < -0.3 is 4.74 Å². The van der Waals surface area contributed by atoms with Crippen molar-refractivity contribution >= 4 is 34.0 Å². The monoisotopic (exact) mass is 553 g/mol. The van der Waals surface area contributed by atoms with Crippen molar-refractivity contribution in [2.45, 2.75) is 6.42 Å². The highest BCUT2D eigenvalue weighted by molar-refractivity contribution is 7.15. The molecule has 0 spiro atoms. The summed E-state index contributed by atoms with van der Waals surface area (Å²) < 4.78 is 8.61. The minimum absolute atomic E-state index is 0.214. The predicted octanol–water partition coefficient (Wildman–Crippen LogP) is 4.16. The number of aromatic nitrogens is 5. The fraction of sp³-hybridized carbons (Fsp3) is 0.0690. The molecule has 192 valence electrons. The highest BCUT2D eigenvalue weighted by Crippen LogP contribution is 2.32. The molecule has 0 bridgehead atoms. The van der Waals surface area contributed by atoms with Gasteiger partial charge in [0.2, 0.25) is 4.96 Å². The fourth-order valence-corrected chi connectivity index (χ4v) is 5.38. The molecule has 3 aromatic heterocycles. The number of fused-ring (bicyclic) bond motifs is 1. The van der Waals surface area contributed by atoms with Crippen molar-refractivity contribution in [3.63, 3.8) is 0 Å². The van der Waals surface area contributed by atoms with E-state index in [-0.39, 0.29) is 22.6 Å². The number of thiazole rings is 1. The second-order valence-electron chi connectivity index (χ2n) is 8.70. The number of ether oxygens (including phenoxy) is 1. The number of hydrogen-bond acceptors (Lipinski definition) is 7. The molecule has 6 rings (SSSR count). The third-order valence-electron chi connectivity index (χ3n) is 6.14. The topological polar surface area (TPSA) is 91.4 Å². The molecular formula is C29H20ClN5O3S. The molecular weight excluding hydrogens is 534 g/mol. The van der Waals surface area contributed by atoms with E-state index in [1.165, 1.54) is 4.52 Å². The van der Waals surface area contributed by atoms with Gasteiger partial charge in [-0.25, -0.2) is 4.68 Å². The van der Waals surface area contributed by atoms with E-state index in [1.54, 1.807) is 30.0 Å². The number of methoxy groups -OCH3 is 1. The molecule has 39 heavy (non-hydrogen) atoms. The molecule has 3 aromatic carbocycles. The lowest BCUT2D eigenvalue weighted by Gasteiger charge is -2.05. The molecule has 0 fully saturated rings. The van der Waals surface area contributed by atoms with Crippen LogP contribution in [-0.4, -0.2) is 31.5 Å². The van der Waals surface area contributed by atoms with Crippen LogP contribution in [-0.2, 0) is 6.42 Å². The van der Waals surface area contributed by atoms with Crippen LogP contribution in [0.4, 0.5) is 0 Å². The summed E-state index contributed by atoms with van der Waals surface area (Å²) in [6, 6.07) is 24.5. The molecule has 0 aliphatic carbocycles. The zero-order valence-electron chi connectivity index (χ0n) is 20.6. The van der Waals surface area contributed by atoms with Gasteiger partial charge in [-0.2, -0.15) is 19.7 Å². The standard InChI is InChI=1S/C29H20ClN5O3S/c1-38-24-13-12-19(15-22(24)30)26-20(17-34(33-26)21-10-6-3-7-11-21)16-25-28(37)35-29(39-25)31-27(36)23(32-35)14-18-8-4-2-5-9-18/h2-13,15-17H,14H2,1H3. The third kappa shape index (κ3) is 4.85. The second-order valence-corrected chi connectivity index (χ2v) is 10.1. The van der Waals surface area contributed by atoms with Crippen LogP contribution in [0, 0.1) is 0 Å². The molecule has 3 heterocycles. The third-order valence-corrected chi connectivity index (χ3v) is 7.39. The van der Waals surface area contributed by atoms with Crippen molar-refractivity contribution in [1.29, 1.82) is 0 Å². The first-order valence-corrected chi connectivity index (χ1v) is 13.2. The molecule has 0 radical (unpaired) electrons. The van der Waals surface area contributed by atoms with Gasteiger partial charge in [0.25, 0.3) is 11.1 Å². The van der Waals surface area contributed by atoms with Gasteiger partial charge in [-0.3, -0.25) is 9.59 Å². The van der Waals surface area contributed by atoms with Crippen molar-refractivity contribution in [3.8, 4) is 22.7 Å². The summed E-state index contributed by atoms with van der Waals surface area (Å²) in [5, 5.41) is 9.61. The van der Waals surface area contributed by atoms with Gasteiger partial charge in [-0.1, -0.05) is 71.5 Å². The Kier molecular flexibility index (Phi) is 6.52. The number of halogens is 1. The van der Waals surface area contributed by atoms with Crippen LogP contribution in [0.15, 0.2) is 94.6 Å². The normalized spacial score (nSPS) is 11.8. The Hall–Kier alpha value is -4.60. The van der Waals surface area contributed by atoms with Gasteiger partial charge in [0.15, 0.2) is 0 Å². The smallest absolute Gasteiger partial charge is 0.296 e. The van der Waals surface area contributed by atoms with Crippen molar-refractivity contribution < 1.29 is 4.74 Å². The molecule has 10 heteroatoms. The van der Waals surface area contributed by atoms with E-state index < -0.39 is 5.56 Å². The van der Waals surface area contributed by atoms with Crippen LogP contribution in [0.2, 0.25) is 5.02 Å². The predicted molar refractivity (Wildman–Crippen MR) is 152 cm³/mol. The van der Waals surface area contributed by atoms with E-state index in [9.17, 15) is 9.59 Å². The molecule has 0 saturated heterocycles. The summed E-state index contributed by atoms with van der Waals surface area (Å²) in [5.41, 5.74) is 3.25. The Bertz CT molecular complexity index is 1990. The Labute approximate surface area is 231 Å². The number of hydrogen-bond donors (Lipinski definition) is 0. The summed E-state index contributed by atoms with van der Waals surface area (Å²) >= 11 is 7.52. The molecule has 0 N–H and O–H groups in total. The quantitative estimate of drug-likeness (QED) is 0.307. The SMILES string of the molecule is COc1ccc(-c2nn(-c3ccccc3)cc2C=c2sc3nc(=O)c(Cc4ccccc4)nn3c2=O)cc1Cl. The number of para-hydroxylation sites is 1. The summed E-state index contributed by atoms with van der Waals surface area (Å²) in [6.07, 6.45) is 3.87. The minimum Gasteiger partial charge on any atom is -0.495 e. The van der Waals surface area contributed by atoms with Gasteiger partial charge in [-0.05, 0) is 42.0 Å². The van der Waals surface area contributed by atoms with Gasteiger partial charge in [0.1, 0.15) is 17.1 Å². The Balaban J connectivity index is 1.50. The Morgan fingerprint density at radius 1 is 0.974 bits per heavy atom. The maximum Gasteiger partial charge on any atom is 0.296 e. The van der Waals surface area contributed by atoms with E-state index in [2.05, 4.69) is 10.1 Å². The lowest BCUT2D eigenvalue weighted by Crippen LogP contribution is -2.28. The van der Waals surface area contributed by atoms with Crippen LogP contribution in [0.25, 0.3) is 28.0 Å². The molecule has 0 unspecified atom stereocenters. The average molecular weight is 554 g/mol. The summed E-state index contributed by atoms with van der Waals surface area (Å²) in [7, 11) is 1.56. The summed E-state index contributed by atoms with van der Waals surface area (Å²) in [4.78, 5) is 30.4. The molecule has 6 aromatic rings. The Morgan fingerprint density at radius 3 is 2.44 bits per heavy atom. The largest absolute Gasteiger partial charge is 0.495 e. The van der Waals surface area contributed by atoms with Crippen LogP contribution < -0.4 is 20.4 Å². The van der Waals surface area contributed by atoms with Crippen LogP contribution in [0.1, 0.15) is 16.8 Å². The first-order valence-electron chi connectivity index (χ1n) is 12.0. The summed E-state index contributed by atoms with van der Waals surface area (Å²) in [6.45, 7) is 0. The fourth-order valence-electron chi connectivity index (χ4n) is 4.23. The molecule has 0 aliphatic rings. The van der Waals surface area contributed by atoms with Gasteiger partial charge in [-0.15, -0.1) is 0 Å². The first kappa shape index (κ1) is 24.7. The lowest BCUT2D eigenvalue weighted by atomic mass is 10.1. The summed E-state index contributed by atoms with van der Waals surface area (Å²) in [5.74, 6) is 0.549. The van der Waals surface area contributed by atoms with Crippen LogP contribution in [0.5, 0.6) is 5.75 Å². The van der Waals surface area contributed by atoms with Gasteiger partial charge >= 0.3 is 0 Å². The molecule has 0 amide bonds. The number of nitrogens with zero attached hydrogens (tertiary/aromatic N) is 5. The van der Waals surface area contributed by atoms with Crippen LogP contribution in [0.3, 0.4) is 0 Å². The zero-order chi connectivity index (χ0) is 26.9. The number of benzene rings is 3. The lowest BCUT2D eigenvalue weighted by molar-refractivity contribution is 0.415. The molecule has 0 atom stereocenters. The highest BCUT2D eigenvalue weighted by Gasteiger charge is 2.16. The van der Waals surface area contributed by atoms with E-state index in [0.717, 1.165) is 28.2 Å². The molecule has 0 aliphatic heterocycles. The van der Waals surface area contributed by atoms with Crippen molar-refractivity contribution in [1.82, 2.24) is 24.4 Å². The van der Waals surface area contributed by atoms with Crippen molar-refractivity contribution in [2.75, 3.05) is 7.11 Å². The first-order chi connectivity index (χ1) is 19.0. The van der Waals surface area contributed by atoms with E-state index >= 15 is 0 Å². The molecule has 8 nitrogen and oxygen atoms in total. The second kappa shape index (κ2) is 10.3. The van der Waals surface area contributed by atoms with Crippen LogP contribution >= 0.6 is 22.9 Å². The van der Waals surface area contributed by atoms with E-state index in [1.807, 2.05) is 72.9 Å². The van der Waals surface area contributed by atoms with E-state index in [0.29, 0.717) is 26.6 Å². The van der Waals surface area contributed by atoms with E-state index in [4.69, 9.17) is 21.4 Å². The van der Waals surface area contributed by atoms with Crippen molar-refractivity contribution in [3.05, 3.63) is 132 Å². The minimum atomic E-state index is -0.447. The zero-order valence-corrected chi connectivity index (χ0v) is 22.2. The Morgan fingerprint density at radius 2 is 1.72 bits per heavy atom.